The van der Waals surface area contributed by atoms with Gasteiger partial charge in [-0.3, -0.25) is 14.9 Å². The molecule has 0 spiro atoms. The van der Waals surface area contributed by atoms with Gasteiger partial charge in [-0.1, -0.05) is 0 Å². The van der Waals surface area contributed by atoms with Crippen molar-refractivity contribution < 1.29 is 14.6 Å². The number of hydrogen-bond acceptors (Lipinski definition) is 6. The van der Waals surface area contributed by atoms with Crippen LogP contribution in [0.15, 0.2) is 30.5 Å². The van der Waals surface area contributed by atoms with E-state index in [1.165, 1.54) is 24.3 Å². The maximum Gasteiger partial charge on any atom is 0.403 e. The zero-order valence-electron chi connectivity index (χ0n) is 9.79. The highest BCUT2D eigenvalue weighted by Crippen LogP contribution is 2.20. The zero-order valence-corrected chi connectivity index (χ0v) is 9.79. The van der Waals surface area contributed by atoms with Crippen LogP contribution >= 0.6 is 0 Å². The minimum absolute atomic E-state index is 0.134. The zero-order chi connectivity index (χ0) is 14.9. The summed E-state index contributed by atoms with van der Waals surface area (Å²) in [7, 11) is 0. The molecule has 10 heteroatoms. The molecule has 2 N–H and O–H groups in total. The van der Waals surface area contributed by atoms with E-state index in [1.807, 2.05) is 0 Å². The van der Waals surface area contributed by atoms with Gasteiger partial charge >= 0.3 is 5.82 Å². The molecule has 1 aromatic carbocycles. The van der Waals surface area contributed by atoms with E-state index < -0.39 is 21.6 Å². The van der Waals surface area contributed by atoms with Crippen molar-refractivity contribution in [3.63, 3.8) is 0 Å². The Morgan fingerprint density at radius 2 is 1.75 bits per heavy atom. The molecular formula is C10H7N5O5. The van der Waals surface area contributed by atoms with Gasteiger partial charge in [-0.25, -0.2) is 0 Å². The number of aromatic nitrogens is 2. The molecule has 2 aromatic rings. The average molecular weight is 277 g/mol. The number of nitro benzene ring substituents is 1. The van der Waals surface area contributed by atoms with E-state index in [0.29, 0.717) is 5.69 Å². The lowest BCUT2D eigenvalue weighted by Gasteiger charge is -1.95. The van der Waals surface area contributed by atoms with Gasteiger partial charge in [0, 0.05) is 12.1 Å². The Labute approximate surface area is 110 Å². The van der Waals surface area contributed by atoms with E-state index in [-0.39, 0.29) is 11.3 Å². The summed E-state index contributed by atoms with van der Waals surface area (Å²) in [4.78, 5) is 30.9. The molecule has 0 saturated carbocycles. The summed E-state index contributed by atoms with van der Waals surface area (Å²) in [6, 6.07) is 5.12. The third kappa shape index (κ3) is 2.29. The summed E-state index contributed by atoms with van der Waals surface area (Å²) in [6.07, 6.45) is 1.10. The van der Waals surface area contributed by atoms with Crippen LogP contribution in [-0.4, -0.2) is 25.5 Å². The molecule has 10 nitrogen and oxygen atoms in total. The molecular weight excluding hydrogens is 270 g/mol. The largest absolute Gasteiger partial charge is 0.403 e. The van der Waals surface area contributed by atoms with Crippen LogP contribution in [0.2, 0.25) is 0 Å². The third-order valence-electron chi connectivity index (χ3n) is 2.46. The molecule has 0 aliphatic heterocycles. The molecule has 0 bridgehead atoms. The second kappa shape index (κ2) is 4.76. The predicted octanol–water partition coefficient (Wildman–Crippen LogP) is 0.788. The lowest BCUT2D eigenvalue weighted by molar-refractivity contribution is -0.389. The van der Waals surface area contributed by atoms with Gasteiger partial charge in [-0.15, -0.1) is 4.68 Å². The van der Waals surface area contributed by atoms with Crippen LogP contribution in [0.25, 0.3) is 5.69 Å². The van der Waals surface area contributed by atoms with E-state index in [4.69, 9.17) is 5.73 Å². The van der Waals surface area contributed by atoms with E-state index in [2.05, 4.69) is 5.10 Å². The van der Waals surface area contributed by atoms with E-state index in [1.54, 1.807) is 0 Å². The Kier molecular flexibility index (Phi) is 3.13. The summed E-state index contributed by atoms with van der Waals surface area (Å²) in [6.45, 7) is 0. The van der Waals surface area contributed by atoms with Crippen LogP contribution in [0.4, 0.5) is 11.5 Å². The minimum atomic E-state index is -0.982. The smallest absolute Gasteiger partial charge is 0.365 e. The Morgan fingerprint density at radius 3 is 2.15 bits per heavy atom. The molecule has 0 fully saturated rings. The molecule has 1 aromatic heterocycles. The highest BCUT2D eigenvalue weighted by molar-refractivity contribution is 5.96. The summed E-state index contributed by atoms with van der Waals surface area (Å²) in [5.74, 6) is -1.65. The number of rotatable bonds is 4. The third-order valence-corrected chi connectivity index (χ3v) is 2.46. The summed E-state index contributed by atoms with van der Waals surface area (Å²) >= 11 is 0. The van der Waals surface area contributed by atoms with Crippen LogP contribution < -0.4 is 5.73 Å². The Morgan fingerprint density at radius 1 is 1.15 bits per heavy atom. The topological polar surface area (TPSA) is 147 Å². The fourth-order valence-electron chi connectivity index (χ4n) is 1.53. The van der Waals surface area contributed by atoms with Gasteiger partial charge < -0.3 is 15.8 Å². The first kappa shape index (κ1) is 13.1. The van der Waals surface area contributed by atoms with Crippen molar-refractivity contribution in [1.29, 1.82) is 0 Å². The van der Waals surface area contributed by atoms with Gasteiger partial charge in [0.05, 0.1) is 21.9 Å². The van der Waals surface area contributed by atoms with Crippen molar-refractivity contribution in [3.05, 3.63) is 56.3 Å². The van der Waals surface area contributed by atoms with Crippen molar-refractivity contribution in [2.45, 2.75) is 0 Å². The summed E-state index contributed by atoms with van der Waals surface area (Å²) in [5.41, 5.74) is 4.87. The normalized spacial score (nSPS) is 10.2. The molecule has 20 heavy (non-hydrogen) atoms. The number of amides is 1. The van der Waals surface area contributed by atoms with E-state index >= 15 is 0 Å². The van der Waals surface area contributed by atoms with Gasteiger partial charge in [-0.2, -0.15) is 0 Å². The van der Waals surface area contributed by atoms with Gasteiger partial charge in [-0.05, 0) is 17.1 Å². The molecule has 102 valence electrons. The Bertz CT molecular complexity index is 674. The van der Waals surface area contributed by atoms with Crippen LogP contribution in [0.1, 0.15) is 10.4 Å². The molecule has 0 aliphatic carbocycles. The van der Waals surface area contributed by atoms with Crippen molar-refractivity contribution >= 4 is 17.4 Å². The maximum absolute atomic E-state index is 11.1. The number of primary amides is 1. The number of hydrogen-bond donors (Lipinski definition) is 1. The number of nitro groups is 2. The Balaban J connectivity index is 2.47. The highest BCUT2D eigenvalue weighted by Gasteiger charge is 2.25. The molecule has 0 aliphatic rings. The number of nitrogens with two attached hydrogens (primary N) is 1. The highest BCUT2D eigenvalue weighted by atomic mass is 16.6. The summed E-state index contributed by atoms with van der Waals surface area (Å²) < 4.78 is 1.06. The first-order valence-corrected chi connectivity index (χ1v) is 5.19. The molecule has 0 atom stereocenters. The number of carbonyl (C=O) groups is 1. The molecule has 1 heterocycles. The molecule has 0 unspecified atom stereocenters. The molecule has 1 amide bonds. The number of nitrogens with zero attached hydrogens (tertiary/aromatic N) is 4. The molecule has 2 rings (SSSR count). The van der Waals surface area contributed by atoms with Crippen LogP contribution in [-0.2, 0) is 0 Å². The van der Waals surface area contributed by atoms with Crippen molar-refractivity contribution in [3.8, 4) is 5.69 Å². The van der Waals surface area contributed by atoms with Gasteiger partial charge in [0.25, 0.3) is 11.6 Å². The fourth-order valence-corrected chi connectivity index (χ4v) is 1.53. The second-order valence-corrected chi connectivity index (χ2v) is 3.71. The molecule has 0 saturated heterocycles. The first-order chi connectivity index (χ1) is 9.40. The number of carbonyl (C=O) groups excluding carboxylic acids is 1. The second-order valence-electron chi connectivity index (χ2n) is 3.71. The fraction of sp³-hybridized carbons (Fsp3) is 0. The van der Waals surface area contributed by atoms with E-state index in [0.717, 1.165) is 10.9 Å². The predicted molar refractivity (Wildman–Crippen MR) is 65.4 cm³/mol. The molecule has 0 radical (unpaired) electrons. The van der Waals surface area contributed by atoms with Crippen molar-refractivity contribution in [2.24, 2.45) is 5.73 Å². The SMILES string of the molecule is NC(=O)c1cn(-c2ccc([N+](=O)[O-])cc2)nc1[N+](=O)[O-]. The lowest BCUT2D eigenvalue weighted by Crippen LogP contribution is -2.11. The maximum atomic E-state index is 11.1. The van der Waals surface area contributed by atoms with Crippen molar-refractivity contribution in [1.82, 2.24) is 9.78 Å². The Hall–Kier alpha value is -3.30. The van der Waals surface area contributed by atoms with E-state index in [9.17, 15) is 25.0 Å². The van der Waals surface area contributed by atoms with Crippen LogP contribution in [0.3, 0.4) is 0 Å². The monoisotopic (exact) mass is 277 g/mol. The van der Waals surface area contributed by atoms with Crippen LogP contribution in [0.5, 0.6) is 0 Å². The quantitative estimate of drug-likeness (QED) is 0.645. The number of benzene rings is 1. The summed E-state index contributed by atoms with van der Waals surface area (Å²) in [5, 5.41) is 24.9. The minimum Gasteiger partial charge on any atom is -0.365 e. The van der Waals surface area contributed by atoms with Gasteiger partial charge in [0.2, 0.25) is 0 Å². The van der Waals surface area contributed by atoms with Crippen LogP contribution in [0, 0.1) is 20.2 Å². The van der Waals surface area contributed by atoms with Crippen molar-refractivity contribution in [2.75, 3.05) is 0 Å². The van der Waals surface area contributed by atoms with Gasteiger partial charge in [0.1, 0.15) is 0 Å². The standard InChI is InChI=1S/C10H7N5O5/c11-9(16)8-5-13(12-10(8)15(19)20)6-1-3-7(4-2-6)14(17)18/h1-5H,(H2,11,16). The first-order valence-electron chi connectivity index (χ1n) is 5.19. The average Bonchev–Trinajstić information content (AvgIpc) is 2.84. The lowest BCUT2D eigenvalue weighted by atomic mass is 10.3. The van der Waals surface area contributed by atoms with Gasteiger partial charge in [0.15, 0.2) is 5.56 Å². The number of non-ortho nitro benzene ring substituents is 1.